The Morgan fingerprint density at radius 2 is 2.38 bits per heavy atom. The van der Waals surface area contributed by atoms with Crippen LogP contribution in [0, 0.1) is 3.57 Å². The molecule has 2 aromatic heterocycles. The average Bonchev–Trinajstić information content (AvgIpc) is 2.87. The number of ketones is 1. The summed E-state index contributed by atoms with van der Waals surface area (Å²) in [5.41, 5.74) is 0. The van der Waals surface area contributed by atoms with E-state index < -0.39 is 0 Å². The fourth-order valence-electron chi connectivity index (χ4n) is 1.37. The van der Waals surface area contributed by atoms with Crippen LogP contribution in [0.3, 0.4) is 0 Å². The number of rotatable bonds is 4. The van der Waals surface area contributed by atoms with E-state index in [1.165, 1.54) is 4.88 Å². The highest BCUT2D eigenvalue weighted by Gasteiger charge is 2.10. The molecule has 2 heterocycles. The van der Waals surface area contributed by atoms with E-state index in [9.17, 15) is 4.79 Å². The van der Waals surface area contributed by atoms with E-state index in [0.29, 0.717) is 6.54 Å². The Kier molecular flexibility index (Phi) is 3.75. The monoisotopic (exact) mass is 346 g/mol. The highest BCUT2D eigenvalue weighted by molar-refractivity contribution is 14.1. The van der Waals surface area contributed by atoms with Gasteiger partial charge in [0.25, 0.3) is 0 Å². The van der Waals surface area contributed by atoms with E-state index in [4.69, 9.17) is 0 Å². The van der Waals surface area contributed by atoms with Crippen LogP contribution in [-0.2, 0) is 13.0 Å². The zero-order valence-electron chi connectivity index (χ0n) is 8.81. The molecule has 0 aliphatic heterocycles. The zero-order valence-corrected chi connectivity index (χ0v) is 11.8. The van der Waals surface area contributed by atoms with Gasteiger partial charge in [0, 0.05) is 11.1 Å². The molecule has 0 bridgehead atoms. The fraction of sp³-hybridized carbons (Fsp3) is 0.273. The molecule has 0 saturated carbocycles. The number of thiophene rings is 1. The van der Waals surface area contributed by atoms with Gasteiger partial charge in [0.1, 0.15) is 6.54 Å². The second-order valence-electron chi connectivity index (χ2n) is 3.40. The van der Waals surface area contributed by atoms with Crippen LogP contribution >= 0.6 is 33.9 Å². The minimum Gasteiger partial charge on any atom is -0.291 e. The maximum absolute atomic E-state index is 11.9. The summed E-state index contributed by atoms with van der Waals surface area (Å²) in [5.74, 6) is 0.129. The first-order valence-electron chi connectivity index (χ1n) is 4.99. The van der Waals surface area contributed by atoms with Crippen LogP contribution < -0.4 is 0 Å². The van der Waals surface area contributed by atoms with Gasteiger partial charge in [0.05, 0.1) is 14.6 Å². The lowest BCUT2D eigenvalue weighted by Gasteiger charge is -1.97. The Bertz CT molecular complexity index is 504. The van der Waals surface area contributed by atoms with Crippen molar-refractivity contribution < 1.29 is 4.79 Å². The van der Waals surface area contributed by atoms with Crippen LogP contribution in [0.2, 0.25) is 0 Å². The van der Waals surface area contributed by atoms with Crippen molar-refractivity contribution in [2.24, 2.45) is 0 Å². The van der Waals surface area contributed by atoms with Crippen LogP contribution in [-0.4, -0.2) is 15.6 Å². The first kappa shape index (κ1) is 11.8. The van der Waals surface area contributed by atoms with Crippen molar-refractivity contribution in [1.82, 2.24) is 9.78 Å². The van der Waals surface area contributed by atoms with Gasteiger partial charge >= 0.3 is 0 Å². The summed E-state index contributed by atoms with van der Waals surface area (Å²) >= 11 is 3.75. The van der Waals surface area contributed by atoms with Crippen molar-refractivity contribution in [3.8, 4) is 0 Å². The van der Waals surface area contributed by atoms with Crippen molar-refractivity contribution in [3.63, 3.8) is 0 Å². The molecule has 3 nitrogen and oxygen atoms in total. The van der Waals surface area contributed by atoms with Crippen molar-refractivity contribution >= 4 is 39.7 Å². The minimum atomic E-state index is 0.129. The second-order valence-corrected chi connectivity index (χ2v) is 5.81. The van der Waals surface area contributed by atoms with Gasteiger partial charge in [0.15, 0.2) is 5.78 Å². The molecule has 84 valence electrons. The molecule has 0 saturated heterocycles. The first-order chi connectivity index (χ1) is 7.69. The molecule has 0 aliphatic carbocycles. The molecular formula is C11H11IN2OS. The third-order valence-electron chi connectivity index (χ3n) is 2.19. The van der Waals surface area contributed by atoms with Gasteiger partial charge in [0.2, 0.25) is 0 Å². The second kappa shape index (κ2) is 5.09. The van der Waals surface area contributed by atoms with Crippen LogP contribution in [0.15, 0.2) is 24.5 Å². The van der Waals surface area contributed by atoms with E-state index in [1.54, 1.807) is 22.2 Å². The fourth-order valence-corrected chi connectivity index (χ4v) is 2.69. The smallest absolute Gasteiger partial charge is 0.194 e. The minimum absolute atomic E-state index is 0.129. The third kappa shape index (κ3) is 2.70. The lowest BCUT2D eigenvalue weighted by Crippen LogP contribution is -2.09. The number of aryl methyl sites for hydroxylation is 1. The van der Waals surface area contributed by atoms with Crippen molar-refractivity contribution in [1.29, 1.82) is 0 Å². The maximum Gasteiger partial charge on any atom is 0.194 e. The molecule has 0 unspecified atom stereocenters. The van der Waals surface area contributed by atoms with Crippen LogP contribution in [0.4, 0.5) is 0 Å². The Hall–Kier alpha value is -0.690. The van der Waals surface area contributed by atoms with E-state index >= 15 is 0 Å². The van der Waals surface area contributed by atoms with Crippen LogP contribution in [0.25, 0.3) is 0 Å². The summed E-state index contributed by atoms with van der Waals surface area (Å²) in [4.78, 5) is 14.0. The largest absolute Gasteiger partial charge is 0.291 e. The number of hydrogen-bond acceptors (Lipinski definition) is 3. The third-order valence-corrected chi connectivity index (χ3v) is 4.02. The zero-order chi connectivity index (χ0) is 11.5. The number of aromatic nitrogens is 2. The van der Waals surface area contributed by atoms with E-state index in [-0.39, 0.29) is 5.78 Å². The van der Waals surface area contributed by atoms with E-state index in [1.807, 2.05) is 18.3 Å². The number of Topliss-reactive ketones (excluding diaryl/α,β-unsaturated/α-hetero) is 1. The van der Waals surface area contributed by atoms with Crippen molar-refractivity contribution in [3.05, 3.63) is 37.9 Å². The molecule has 2 aromatic rings. The topological polar surface area (TPSA) is 34.9 Å². The van der Waals surface area contributed by atoms with Gasteiger partial charge in [-0.2, -0.15) is 5.10 Å². The Labute approximate surface area is 112 Å². The Morgan fingerprint density at radius 3 is 2.94 bits per heavy atom. The number of nitrogens with zero attached hydrogens (tertiary/aromatic N) is 2. The molecule has 2 rings (SSSR count). The molecule has 0 amide bonds. The van der Waals surface area contributed by atoms with Crippen molar-refractivity contribution in [2.45, 2.75) is 19.9 Å². The summed E-state index contributed by atoms with van der Waals surface area (Å²) in [6.45, 7) is 2.42. The SMILES string of the molecule is CCc1ccc(C(=O)Cn2cc(I)cn2)s1. The summed E-state index contributed by atoms with van der Waals surface area (Å²) in [6, 6.07) is 3.92. The molecule has 0 fully saturated rings. The van der Waals surface area contributed by atoms with E-state index in [0.717, 1.165) is 14.9 Å². The van der Waals surface area contributed by atoms with E-state index in [2.05, 4.69) is 34.6 Å². The van der Waals surface area contributed by atoms with Gasteiger partial charge in [-0.15, -0.1) is 11.3 Å². The highest BCUT2D eigenvalue weighted by atomic mass is 127. The average molecular weight is 346 g/mol. The van der Waals surface area contributed by atoms with Gasteiger partial charge in [-0.05, 0) is 41.1 Å². The molecule has 0 N–H and O–H groups in total. The summed E-state index contributed by atoms with van der Waals surface area (Å²) in [6.07, 6.45) is 4.60. The lowest BCUT2D eigenvalue weighted by molar-refractivity contribution is 0.0971. The Morgan fingerprint density at radius 1 is 1.56 bits per heavy atom. The highest BCUT2D eigenvalue weighted by Crippen LogP contribution is 2.18. The first-order valence-corrected chi connectivity index (χ1v) is 6.88. The number of carbonyl (C=O) groups is 1. The van der Waals surface area contributed by atoms with Crippen LogP contribution in [0.1, 0.15) is 21.5 Å². The predicted octanol–water partition coefficient (Wildman–Crippen LogP) is 2.99. The van der Waals surface area contributed by atoms with Crippen LogP contribution in [0.5, 0.6) is 0 Å². The van der Waals surface area contributed by atoms with Gasteiger partial charge < -0.3 is 0 Å². The molecular weight excluding hydrogens is 335 g/mol. The van der Waals surface area contributed by atoms with Crippen molar-refractivity contribution in [2.75, 3.05) is 0 Å². The molecule has 0 radical (unpaired) electrons. The lowest BCUT2D eigenvalue weighted by atomic mass is 10.3. The van der Waals surface area contributed by atoms with Gasteiger partial charge in [-0.25, -0.2) is 0 Å². The number of hydrogen-bond donors (Lipinski definition) is 0. The van der Waals surface area contributed by atoms with Gasteiger partial charge in [-0.3, -0.25) is 9.48 Å². The quantitative estimate of drug-likeness (QED) is 0.630. The van der Waals surface area contributed by atoms with Gasteiger partial charge in [-0.1, -0.05) is 6.92 Å². The predicted molar refractivity (Wildman–Crippen MR) is 73.0 cm³/mol. The maximum atomic E-state index is 11.9. The molecule has 5 heteroatoms. The summed E-state index contributed by atoms with van der Waals surface area (Å²) < 4.78 is 2.72. The summed E-state index contributed by atoms with van der Waals surface area (Å²) in [5, 5.41) is 4.10. The molecule has 0 spiro atoms. The normalized spacial score (nSPS) is 10.6. The molecule has 0 aliphatic rings. The standard InChI is InChI=1S/C11H11IN2OS/c1-2-9-3-4-11(16-9)10(15)7-14-6-8(12)5-13-14/h3-6H,2,7H2,1H3. The molecule has 0 aromatic carbocycles. The number of carbonyl (C=O) groups excluding carboxylic acids is 1. The Balaban J connectivity index is 2.08. The summed E-state index contributed by atoms with van der Waals surface area (Å²) in [7, 11) is 0. The molecule has 16 heavy (non-hydrogen) atoms. The number of halogens is 1. The molecule has 0 atom stereocenters.